The maximum absolute atomic E-state index is 5.99. The lowest BCUT2D eigenvalue weighted by Crippen LogP contribution is -2.19. The van der Waals surface area contributed by atoms with Crippen LogP contribution in [0.15, 0.2) is 34.9 Å². The van der Waals surface area contributed by atoms with Crippen LogP contribution in [0.3, 0.4) is 0 Å². The van der Waals surface area contributed by atoms with E-state index in [1.165, 1.54) is 5.56 Å². The Labute approximate surface area is 151 Å². The molecule has 0 radical (unpaired) electrons. The summed E-state index contributed by atoms with van der Waals surface area (Å²) < 4.78 is 5.82. The molecule has 3 aromatic rings. The van der Waals surface area contributed by atoms with Crippen LogP contribution in [0.5, 0.6) is 0 Å². The van der Waals surface area contributed by atoms with Crippen molar-refractivity contribution in [1.29, 1.82) is 0 Å². The molecule has 1 fully saturated rings. The third-order valence-corrected chi connectivity index (χ3v) is 4.43. The molecule has 0 bridgehead atoms. The summed E-state index contributed by atoms with van der Waals surface area (Å²) in [5.41, 5.74) is 8.46. The summed E-state index contributed by atoms with van der Waals surface area (Å²) in [5, 5.41) is 11.4. The summed E-state index contributed by atoms with van der Waals surface area (Å²) in [6.07, 6.45) is 4.02. The summed E-state index contributed by atoms with van der Waals surface area (Å²) in [6.45, 7) is 2.77. The highest BCUT2D eigenvalue weighted by Gasteiger charge is 2.19. The Morgan fingerprint density at radius 2 is 1.85 bits per heavy atom. The molecule has 1 saturated heterocycles. The van der Waals surface area contributed by atoms with Gasteiger partial charge in [0.2, 0.25) is 5.89 Å². The van der Waals surface area contributed by atoms with Crippen molar-refractivity contribution in [3.05, 3.63) is 36.0 Å². The average Bonchev–Trinajstić information content (AvgIpc) is 3.35. The number of anilines is 2. The third kappa shape index (κ3) is 3.23. The van der Waals surface area contributed by atoms with E-state index in [9.17, 15) is 0 Å². The highest BCUT2D eigenvalue weighted by atomic mass is 16.4. The van der Waals surface area contributed by atoms with Crippen LogP contribution in [-0.4, -0.2) is 40.3 Å². The Morgan fingerprint density at radius 1 is 1.12 bits per heavy atom. The second-order valence-corrected chi connectivity index (χ2v) is 6.30. The number of nitrogens with two attached hydrogens (primary N) is 1. The number of rotatable bonds is 5. The van der Waals surface area contributed by atoms with E-state index in [2.05, 4.69) is 30.4 Å². The van der Waals surface area contributed by atoms with Crippen molar-refractivity contribution in [2.75, 3.05) is 30.8 Å². The summed E-state index contributed by atoms with van der Waals surface area (Å²) in [6, 6.07) is 7.97. The first kappa shape index (κ1) is 16.5. The van der Waals surface area contributed by atoms with Crippen LogP contribution >= 0.6 is 0 Å². The van der Waals surface area contributed by atoms with E-state index in [-0.39, 0.29) is 11.7 Å². The van der Waals surface area contributed by atoms with Crippen LogP contribution < -0.4 is 16.0 Å². The number of aromatic nitrogens is 4. The van der Waals surface area contributed by atoms with Crippen molar-refractivity contribution in [2.45, 2.75) is 19.4 Å². The van der Waals surface area contributed by atoms with Gasteiger partial charge in [-0.05, 0) is 37.6 Å². The molecule has 0 atom stereocenters. The van der Waals surface area contributed by atoms with E-state index >= 15 is 0 Å². The van der Waals surface area contributed by atoms with Gasteiger partial charge in [0.25, 0.3) is 5.89 Å². The van der Waals surface area contributed by atoms with Crippen LogP contribution in [0.4, 0.5) is 11.6 Å². The van der Waals surface area contributed by atoms with E-state index in [4.69, 9.17) is 10.2 Å². The fraction of sp³-hybridized carbons (Fsp3) is 0.333. The maximum atomic E-state index is 5.99. The Kier molecular flexibility index (Phi) is 4.49. The minimum absolute atomic E-state index is 0.283. The minimum Gasteiger partial charge on any atom is -0.414 e. The molecular formula is C18H21N7O. The lowest BCUT2D eigenvalue weighted by molar-refractivity contribution is 0.582. The maximum Gasteiger partial charge on any atom is 0.270 e. The topological polar surface area (TPSA) is 106 Å². The van der Waals surface area contributed by atoms with Gasteiger partial charge in [0, 0.05) is 25.2 Å². The van der Waals surface area contributed by atoms with Gasteiger partial charge in [-0.2, -0.15) is 0 Å². The van der Waals surface area contributed by atoms with Crippen molar-refractivity contribution < 1.29 is 4.42 Å². The molecule has 0 aliphatic carbocycles. The zero-order chi connectivity index (χ0) is 17.9. The van der Waals surface area contributed by atoms with E-state index in [0.717, 1.165) is 43.9 Å². The molecule has 8 heteroatoms. The Balaban J connectivity index is 1.62. The number of benzene rings is 1. The van der Waals surface area contributed by atoms with Crippen molar-refractivity contribution in [3.8, 4) is 23.0 Å². The van der Waals surface area contributed by atoms with Crippen molar-refractivity contribution in [1.82, 2.24) is 25.5 Å². The third-order valence-electron chi connectivity index (χ3n) is 4.43. The molecule has 134 valence electrons. The molecule has 8 nitrogen and oxygen atoms in total. The predicted octanol–water partition coefficient (Wildman–Crippen LogP) is 2.10. The van der Waals surface area contributed by atoms with Crippen LogP contribution in [0.1, 0.15) is 18.4 Å². The second-order valence-electron chi connectivity index (χ2n) is 6.30. The smallest absolute Gasteiger partial charge is 0.270 e. The standard InChI is InChI=1S/C18H21N7O/c1-20-10-12-4-6-13(7-5-12)17-23-24-18(26-17)15-16(19)21-11-14(22-15)25-8-2-3-9-25/h4-7,11,20H,2-3,8-10H2,1H3,(H2,19,21). The van der Waals surface area contributed by atoms with Gasteiger partial charge < -0.3 is 20.4 Å². The molecule has 0 spiro atoms. The van der Waals surface area contributed by atoms with Crippen LogP contribution in [0.25, 0.3) is 23.0 Å². The molecule has 26 heavy (non-hydrogen) atoms. The monoisotopic (exact) mass is 351 g/mol. The molecule has 3 heterocycles. The Morgan fingerprint density at radius 3 is 2.58 bits per heavy atom. The Bertz CT molecular complexity index is 885. The first-order valence-electron chi connectivity index (χ1n) is 8.70. The van der Waals surface area contributed by atoms with E-state index in [1.807, 2.05) is 31.3 Å². The quantitative estimate of drug-likeness (QED) is 0.720. The summed E-state index contributed by atoms with van der Waals surface area (Å²) >= 11 is 0. The minimum atomic E-state index is 0.283. The SMILES string of the molecule is CNCc1ccc(-c2nnc(-c3nc(N4CCCC4)cnc3N)o2)cc1. The summed E-state index contributed by atoms with van der Waals surface area (Å²) in [5.74, 6) is 1.80. The second kappa shape index (κ2) is 7.09. The molecule has 1 aliphatic heterocycles. The van der Waals surface area contributed by atoms with Gasteiger partial charge in [-0.1, -0.05) is 12.1 Å². The lowest BCUT2D eigenvalue weighted by atomic mass is 10.1. The van der Waals surface area contributed by atoms with Gasteiger partial charge in [-0.15, -0.1) is 10.2 Å². The summed E-state index contributed by atoms with van der Waals surface area (Å²) in [4.78, 5) is 11.0. The fourth-order valence-corrected chi connectivity index (χ4v) is 3.05. The lowest BCUT2D eigenvalue weighted by Gasteiger charge is -2.16. The fourth-order valence-electron chi connectivity index (χ4n) is 3.05. The predicted molar refractivity (Wildman–Crippen MR) is 99.4 cm³/mol. The van der Waals surface area contributed by atoms with Gasteiger partial charge in [-0.3, -0.25) is 0 Å². The molecule has 1 aromatic carbocycles. The molecule has 4 rings (SSSR count). The van der Waals surface area contributed by atoms with Gasteiger partial charge in [0.05, 0.1) is 6.20 Å². The number of nitrogens with one attached hydrogen (secondary N) is 1. The van der Waals surface area contributed by atoms with Gasteiger partial charge in [0.15, 0.2) is 11.5 Å². The van der Waals surface area contributed by atoms with Crippen molar-refractivity contribution in [3.63, 3.8) is 0 Å². The molecule has 0 unspecified atom stereocenters. The van der Waals surface area contributed by atoms with Gasteiger partial charge in [0.1, 0.15) is 5.82 Å². The van der Waals surface area contributed by atoms with E-state index in [1.54, 1.807) is 6.20 Å². The molecule has 0 amide bonds. The van der Waals surface area contributed by atoms with Gasteiger partial charge >= 0.3 is 0 Å². The molecular weight excluding hydrogens is 330 g/mol. The number of hydrogen-bond donors (Lipinski definition) is 2. The first-order chi connectivity index (χ1) is 12.7. The molecule has 2 aromatic heterocycles. The highest BCUT2D eigenvalue weighted by molar-refractivity contribution is 5.65. The molecule has 1 aliphatic rings. The number of nitrogen functional groups attached to an aromatic ring is 1. The number of hydrogen-bond acceptors (Lipinski definition) is 8. The zero-order valence-electron chi connectivity index (χ0n) is 14.6. The van der Waals surface area contributed by atoms with E-state index in [0.29, 0.717) is 11.6 Å². The number of nitrogens with zero attached hydrogens (tertiary/aromatic N) is 5. The van der Waals surface area contributed by atoms with Gasteiger partial charge in [-0.25, -0.2) is 9.97 Å². The van der Waals surface area contributed by atoms with Crippen LogP contribution in [0, 0.1) is 0 Å². The van der Waals surface area contributed by atoms with E-state index < -0.39 is 0 Å². The molecule has 0 saturated carbocycles. The zero-order valence-corrected chi connectivity index (χ0v) is 14.6. The Hall–Kier alpha value is -3.00. The first-order valence-corrected chi connectivity index (χ1v) is 8.70. The van der Waals surface area contributed by atoms with Crippen LogP contribution in [-0.2, 0) is 6.54 Å². The van der Waals surface area contributed by atoms with Crippen molar-refractivity contribution in [2.24, 2.45) is 0 Å². The molecule has 3 N–H and O–H groups in total. The largest absolute Gasteiger partial charge is 0.414 e. The normalized spacial score (nSPS) is 14.1. The van der Waals surface area contributed by atoms with Crippen molar-refractivity contribution >= 4 is 11.6 Å². The highest BCUT2D eigenvalue weighted by Crippen LogP contribution is 2.28. The average molecular weight is 351 g/mol. The summed E-state index contributed by atoms with van der Waals surface area (Å²) in [7, 11) is 1.92. The van der Waals surface area contributed by atoms with Crippen LogP contribution in [0.2, 0.25) is 0 Å².